The number of benzene rings is 1. The second-order valence-corrected chi connectivity index (χ2v) is 9.44. The Kier molecular flexibility index (Phi) is 5.77. The van der Waals surface area contributed by atoms with Crippen molar-refractivity contribution in [1.29, 1.82) is 0 Å². The summed E-state index contributed by atoms with van der Waals surface area (Å²) in [4.78, 5) is 19.4. The van der Waals surface area contributed by atoms with Crippen molar-refractivity contribution in [3.63, 3.8) is 0 Å². The van der Waals surface area contributed by atoms with Gasteiger partial charge >= 0.3 is 0 Å². The number of rotatable bonds is 5. The minimum absolute atomic E-state index is 0.0370. The molecular formula is C23H29N5O2S. The highest BCUT2D eigenvalue weighted by Crippen LogP contribution is 2.36. The molecular weight excluding hydrogens is 410 g/mol. The largest absolute Gasteiger partial charge is 0.365 e. The number of anilines is 1. The number of aryl methyl sites for hydroxylation is 2. The maximum absolute atomic E-state index is 13.0. The van der Waals surface area contributed by atoms with Crippen molar-refractivity contribution in [2.45, 2.75) is 50.5 Å². The van der Waals surface area contributed by atoms with Crippen molar-refractivity contribution >= 4 is 28.5 Å². The van der Waals surface area contributed by atoms with Crippen LogP contribution in [-0.4, -0.2) is 42.4 Å². The van der Waals surface area contributed by atoms with Gasteiger partial charge in [-0.05, 0) is 62.4 Å². The van der Waals surface area contributed by atoms with Crippen LogP contribution in [0.1, 0.15) is 37.1 Å². The molecule has 3 N–H and O–H groups in total. The van der Waals surface area contributed by atoms with Gasteiger partial charge in [0, 0.05) is 48.1 Å². The molecule has 5 rings (SSSR count). The molecule has 1 saturated heterocycles. The first kappa shape index (κ1) is 20.6. The minimum Gasteiger partial charge on any atom is -0.365 e. The average molecular weight is 440 g/mol. The number of piperazine rings is 1. The number of H-pyrrole nitrogens is 1. The van der Waals surface area contributed by atoms with Crippen LogP contribution < -0.4 is 20.5 Å². The number of pyridine rings is 1. The summed E-state index contributed by atoms with van der Waals surface area (Å²) >= 11 is 1.68. The number of aromatic nitrogens is 2. The molecule has 2 aromatic heterocycles. The smallest absolute Gasteiger partial charge is 0.271 e. The molecule has 0 amide bonds. The van der Waals surface area contributed by atoms with Gasteiger partial charge in [0.25, 0.3) is 5.56 Å². The molecule has 0 atom stereocenters. The fourth-order valence-corrected chi connectivity index (χ4v) is 5.72. The third-order valence-corrected chi connectivity index (χ3v) is 7.38. The molecule has 0 radical (unpaired) electrons. The van der Waals surface area contributed by atoms with E-state index in [0.717, 1.165) is 70.2 Å². The van der Waals surface area contributed by atoms with Crippen LogP contribution in [0, 0.1) is 13.8 Å². The van der Waals surface area contributed by atoms with Gasteiger partial charge in [0.2, 0.25) is 0 Å². The summed E-state index contributed by atoms with van der Waals surface area (Å²) in [6.07, 6.45) is 5.02. The summed E-state index contributed by atoms with van der Waals surface area (Å²) in [5.74, 6) is 0.788. The third kappa shape index (κ3) is 4.12. The Hall–Kier alpha value is -2.29. The maximum Gasteiger partial charge on any atom is 0.271 e. The van der Waals surface area contributed by atoms with E-state index in [-0.39, 0.29) is 5.56 Å². The summed E-state index contributed by atoms with van der Waals surface area (Å²) in [5, 5.41) is 8.55. The van der Waals surface area contributed by atoms with Crippen LogP contribution in [0.4, 0.5) is 5.69 Å². The summed E-state index contributed by atoms with van der Waals surface area (Å²) < 4.78 is 9.08. The molecule has 0 unspecified atom stereocenters. The second kappa shape index (κ2) is 8.68. The number of hydrogen-bond donors (Lipinski definition) is 3. The van der Waals surface area contributed by atoms with Crippen molar-refractivity contribution in [3.05, 3.63) is 40.0 Å². The summed E-state index contributed by atoms with van der Waals surface area (Å²) in [5.41, 5.74) is 4.43. The van der Waals surface area contributed by atoms with E-state index in [2.05, 4.69) is 37.2 Å². The molecule has 0 bridgehead atoms. The van der Waals surface area contributed by atoms with Crippen molar-refractivity contribution < 1.29 is 4.52 Å². The zero-order valence-corrected chi connectivity index (χ0v) is 18.9. The number of fused-ring (bicyclic) bond motifs is 1. The van der Waals surface area contributed by atoms with E-state index in [1.807, 2.05) is 19.9 Å². The minimum atomic E-state index is -0.0370. The molecule has 164 valence electrons. The highest BCUT2D eigenvalue weighted by molar-refractivity contribution is 7.97. The SMILES string of the molecule is Cc1noc(C)c1-c1cc(SNC2CCCC2)c2cc(N3CCNCC3)c(=O)[nH]c2c1. The topological polar surface area (TPSA) is 86.2 Å². The molecule has 7 nitrogen and oxygen atoms in total. The van der Waals surface area contributed by atoms with Crippen LogP contribution in [0.15, 0.2) is 32.4 Å². The molecule has 2 fully saturated rings. The summed E-state index contributed by atoms with van der Waals surface area (Å²) in [6.45, 7) is 7.36. The van der Waals surface area contributed by atoms with E-state index < -0.39 is 0 Å². The third-order valence-electron chi connectivity index (χ3n) is 6.37. The molecule has 1 aromatic carbocycles. The van der Waals surface area contributed by atoms with Gasteiger partial charge in [-0.2, -0.15) is 0 Å². The average Bonchev–Trinajstić information content (AvgIpc) is 3.41. The van der Waals surface area contributed by atoms with Crippen LogP contribution >= 0.6 is 11.9 Å². The van der Waals surface area contributed by atoms with Gasteiger partial charge in [0.1, 0.15) is 11.4 Å². The van der Waals surface area contributed by atoms with Crippen LogP contribution in [0.25, 0.3) is 22.0 Å². The lowest BCUT2D eigenvalue weighted by Gasteiger charge is -2.29. The van der Waals surface area contributed by atoms with Crippen molar-refractivity contribution in [3.8, 4) is 11.1 Å². The van der Waals surface area contributed by atoms with Crippen molar-refractivity contribution in [2.75, 3.05) is 31.1 Å². The predicted molar refractivity (Wildman–Crippen MR) is 126 cm³/mol. The zero-order chi connectivity index (χ0) is 21.4. The van der Waals surface area contributed by atoms with Crippen LogP contribution in [-0.2, 0) is 0 Å². The van der Waals surface area contributed by atoms with E-state index in [1.54, 1.807) is 11.9 Å². The lowest BCUT2D eigenvalue weighted by molar-refractivity contribution is 0.393. The first-order chi connectivity index (χ1) is 15.1. The molecule has 0 spiro atoms. The maximum atomic E-state index is 13.0. The molecule has 1 saturated carbocycles. The van der Waals surface area contributed by atoms with E-state index in [1.165, 1.54) is 25.7 Å². The van der Waals surface area contributed by atoms with Crippen LogP contribution in [0.2, 0.25) is 0 Å². The van der Waals surface area contributed by atoms with Gasteiger partial charge in [0.05, 0.1) is 11.2 Å². The van der Waals surface area contributed by atoms with E-state index in [4.69, 9.17) is 4.52 Å². The number of aromatic amines is 1. The Morgan fingerprint density at radius 2 is 1.94 bits per heavy atom. The Morgan fingerprint density at radius 1 is 1.16 bits per heavy atom. The molecule has 8 heteroatoms. The normalized spacial score (nSPS) is 17.7. The monoisotopic (exact) mass is 439 g/mol. The molecule has 3 heterocycles. The van der Waals surface area contributed by atoms with E-state index >= 15 is 0 Å². The fourth-order valence-electron chi connectivity index (χ4n) is 4.72. The zero-order valence-electron chi connectivity index (χ0n) is 18.1. The van der Waals surface area contributed by atoms with Gasteiger partial charge in [-0.25, -0.2) is 0 Å². The Morgan fingerprint density at radius 3 is 2.65 bits per heavy atom. The quantitative estimate of drug-likeness (QED) is 0.522. The van der Waals surface area contributed by atoms with Gasteiger partial charge in [-0.3, -0.25) is 9.52 Å². The molecule has 3 aromatic rings. The van der Waals surface area contributed by atoms with Gasteiger partial charge in [-0.15, -0.1) is 0 Å². The summed E-state index contributed by atoms with van der Waals surface area (Å²) in [6, 6.07) is 6.85. The summed E-state index contributed by atoms with van der Waals surface area (Å²) in [7, 11) is 0. The van der Waals surface area contributed by atoms with Gasteiger partial charge < -0.3 is 19.7 Å². The van der Waals surface area contributed by atoms with Crippen LogP contribution in [0.5, 0.6) is 0 Å². The molecule has 1 aliphatic heterocycles. The Balaban J connectivity index is 1.61. The van der Waals surface area contributed by atoms with Crippen molar-refractivity contribution in [2.24, 2.45) is 0 Å². The van der Waals surface area contributed by atoms with E-state index in [9.17, 15) is 4.79 Å². The standard InChI is InChI=1S/C23H29N5O2S/c1-14-22(15(2)30-26-14)16-11-19-18(21(12-16)31-27-17-5-3-4-6-17)13-20(23(29)25-19)28-9-7-24-8-10-28/h11-13,17,24,27H,3-10H2,1-2H3,(H,25,29). The lowest BCUT2D eigenvalue weighted by Crippen LogP contribution is -2.45. The first-order valence-corrected chi connectivity index (χ1v) is 11.9. The highest BCUT2D eigenvalue weighted by Gasteiger charge is 2.20. The van der Waals surface area contributed by atoms with E-state index in [0.29, 0.717) is 6.04 Å². The number of nitrogens with one attached hydrogen (secondary N) is 3. The Labute approximate surface area is 186 Å². The van der Waals surface area contributed by atoms with Crippen molar-refractivity contribution in [1.82, 2.24) is 20.2 Å². The molecule has 2 aliphatic rings. The van der Waals surface area contributed by atoms with Gasteiger partial charge in [0.15, 0.2) is 0 Å². The predicted octanol–water partition coefficient (Wildman–Crippen LogP) is 3.75. The first-order valence-electron chi connectivity index (χ1n) is 11.1. The molecule has 1 aliphatic carbocycles. The number of nitrogens with zero attached hydrogens (tertiary/aromatic N) is 2. The lowest BCUT2D eigenvalue weighted by atomic mass is 10.0. The number of hydrogen-bond acceptors (Lipinski definition) is 7. The fraction of sp³-hybridized carbons (Fsp3) is 0.478. The van der Waals surface area contributed by atoms with Crippen LogP contribution in [0.3, 0.4) is 0 Å². The Bertz CT molecular complexity index is 1120. The molecule has 31 heavy (non-hydrogen) atoms. The highest BCUT2D eigenvalue weighted by atomic mass is 32.2. The second-order valence-electron chi connectivity index (χ2n) is 8.56. The van der Waals surface area contributed by atoms with Gasteiger partial charge in [-0.1, -0.05) is 18.0 Å².